The quantitative estimate of drug-likeness (QED) is 0.693. The van der Waals surface area contributed by atoms with Crippen LogP contribution < -0.4 is 0 Å². The molecule has 0 aliphatic heterocycles. The van der Waals surface area contributed by atoms with Gasteiger partial charge in [0.05, 0.1) is 12.6 Å². The van der Waals surface area contributed by atoms with Gasteiger partial charge in [-0.1, -0.05) is 20.3 Å². The maximum atomic E-state index is 11.3. The average molecular weight is 209 g/mol. The van der Waals surface area contributed by atoms with Crippen molar-refractivity contribution in [2.24, 2.45) is 0 Å². The summed E-state index contributed by atoms with van der Waals surface area (Å²) in [7, 11) is 0. The van der Waals surface area contributed by atoms with Crippen molar-refractivity contribution in [3.05, 3.63) is 17.8 Å². The number of aryl methyl sites for hydroxylation is 1. The number of hydrogen-bond acceptors (Lipinski definition) is 3. The highest BCUT2D eigenvalue weighted by atomic mass is 16.4. The molecule has 0 aromatic carbocycles. The van der Waals surface area contributed by atoms with Crippen LogP contribution in [0.1, 0.15) is 51.2 Å². The number of ketones is 1. The molecule has 0 spiro atoms. The fourth-order valence-electron chi connectivity index (χ4n) is 1.43. The molecule has 1 aromatic rings. The van der Waals surface area contributed by atoms with Gasteiger partial charge in [-0.25, -0.2) is 4.98 Å². The van der Waals surface area contributed by atoms with E-state index >= 15 is 0 Å². The molecule has 0 radical (unpaired) electrons. The number of nitrogens with zero attached hydrogens (tertiary/aromatic N) is 1. The van der Waals surface area contributed by atoms with E-state index in [9.17, 15) is 4.79 Å². The molecule has 1 aromatic heterocycles. The molecule has 0 aliphatic rings. The molecule has 1 heterocycles. The third kappa shape index (κ3) is 4.28. The van der Waals surface area contributed by atoms with Gasteiger partial charge in [-0.15, -0.1) is 0 Å². The maximum Gasteiger partial charge on any atom is 0.201 e. The summed E-state index contributed by atoms with van der Waals surface area (Å²) in [5.74, 6) is 1.68. The van der Waals surface area contributed by atoms with Crippen molar-refractivity contribution in [1.82, 2.24) is 4.98 Å². The van der Waals surface area contributed by atoms with E-state index in [0.29, 0.717) is 18.7 Å². The maximum absolute atomic E-state index is 11.3. The summed E-state index contributed by atoms with van der Waals surface area (Å²) in [5.41, 5.74) is 0. The monoisotopic (exact) mass is 209 g/mol. The minimum absolute atomic E-state index is 0.210. The van der Waals surface area contributed by atoms with Crippen LogP contribution in [-0.4, -0.2) is 10.8 Å². The summed E-state index contributed by atoms with van der Waals surface area (Å²) >= 11 is 0. The summed E-state index contributed by atoms with van der Waals surface area (Å²) in [6.07, 6.45) is 6.77. The van der Waals surface area contributed by atoms with E-state index in [1.165, 1.54) is 0 Å². The number of carbonyl (C=O) groups excluding carboxylic acids is 1. The first kappa shape index (κ1) is 12.0. The van der Waals surface area contributed by atoms with Crippen molar-refractivity contribution in [3.8, 4) is 0 Å². The third-order valence-corrected chi connectivity index (χ3v) is 2.26. The van der Waals surface area contributed by atoms with Gasteiger partial charge in [0.25, 0.3) is 0 Å². The number of oxazole rings is 1. The summed E-state index contributed by atoms with van der Waals surface area (Å²) in [6.45, 7) is 4.14. The zero-order valence-electron chi connectivity index (χ0n) is 9.58. The first-order valence-electron chi connectivity index (χ1n) is 5.71. The lowest BCUT2D eigenvalue weighted by Crippen LogP contribution is -2.01. The molecule has 0 unspecified atom stereocenters. The van der Waals surface area contributed by atoms with Gasteiger partial charge < -0.3 is 4.42 Å². The zero-order chi connectivity index (χ0) is 11.1. The second-order valence-corrected chi connectivity index (χ2v) is 3.79. The number of carbonyl (C=O) groups is 1. The fourth-order valence-corrected chi connectivity index (χ4v) is 1.43. The molecule has 0 saturated heterocycles. The summed E-state index contributed by atoms with van der Waals surface area (Å²) < 4.78 is 5.47. The Hall–Kier alpha value is -1.12. The molecule has 0 N–H and O–H groups in total. The molecule has 84 valence electrons. The second kappa shape index (κ2) is 6.38. The Morgan fingerprint density at radius 2 is 2.20 bits per heavy atom. The topological polar surface area (TPSA) is 43.1 Å². The van der Waals surface area contributed by atoms with E-state index < -0.39 is 0 Å². The van der Waals surface area contributed by atoms with Gasteiger partial charge in [-0.2, -0.15) is 0 Å². The van der Waals surface area contributed by atoms with Crippen LogP contribution in [0.25, 0.3) is 0 Å². The van der Waals surface area contributed by atoms with Crippen LogP contribution in [0, 0.1) is 0 Å². The summed E-state index contributed by atoms with van der Waals surface area (Å²) in [6, 6.07) is 0. The first-order valence-corrected chi connectivity index (χ1v) is 5.71. The van der Waals surface area contributed by atoms with E-state index in [-0.39, 0.29) is 5.78 Å². The van der Waals surface area contributed by atoms with Gasteiger partial charge in [0.2, 0.25) is 5.89 Å². The Balaban J connectivity index is 2.42. The highest BCUT2D eigenvalue weighted by Gasteiger charge is 2.08. The Morgan fingerprint density at radius 3 is 2.87 bits per heavy atom. The van der Waals surface area contributed by atoms with Crippen LogP contribution in [-0.2, 0) is 17.6 Å². The van der Waals surface area contributed by atoms with Gasteiger partial charge in [0.15, 0.2) is 0 Å². The van der Waals surface area contributed by atoms with Crippen molar-refractivity contribution in [3.63, 3.8) is 0 Å². The van der Waals surface area contributed by atoms with Gasteiger partial charge in [-0.3, -0.25) is 4.79 Å². The standard InChI is InChI=1S/C12H19NO2/c1-3-5-7-11-9-13-12(15-11)8-10(14)6-4-2/h9H,3-8H2,1-2H3. The number of aromatic nitrogens is 1. The van der Waals surface area contributed by atoms with Crippen molar-refractivity contribution >= 4 is 5.78 Å². The van der Waals surface area contributed by atoms with E-state index in [1.807, 2.05) is 6.92 Å². The van der Waals surface area contributed by atoms with E-state index in [4.69, 9.17) is 4.42 Å². The highest BCUT2D eigenvalue weighted by Crippen LogP contribution is 2.09. The minimum atomic E-state index is 0.210. The minimum Gasteiger partial charge on any atom is -0.445 e. The molecule has 0 fully saturated rings. The highest BCUT2D eigenvalue weighted by molar-refractivity contribution is 5.79. The molecule has 0 atom stereocenters. The van der Waals surface area contributed by atoms with E-state index in [1.54, 1.807) is 6.20 Å². The van der Waals surface area contributed by atoms with Crippen LogP contribution in [0.3, 0.4) is 0 Å². The third-order valence-electron chi connectivity index (χ3n) is 2.26. The van der Waals surface area contributed by atoms with Crippen molar-refractivity contribution in [2.75, 3.05) is 0 Å². The molecule has 15 heavy (non-hydrogen) atoms. The van der Waals surface area contributed by atoms with Crippen LogP contribution in [0.2, 0.25) is 0 Å². The molecule has 3 nitrogen and oxygen atoms in total. The Kier molecular flexibility index (Phi) is 5.08. The number of unbranched alkanes of at least 4 members (excludes halogenated alkanes) is 1. The van der Waals surface area contributed by atoms with Gasteiger partial charge in [-0.05, 0) is 12.8 Å². The molecule has 0 bridgehead atoms. The Labute approximate surface area is 90.9 Å². The van der Waals surface area contributed by atoms with Crippen LogP contribution in [0.4, 0.5) is 0 Å². The molecular weight excluding hydrogens is 190 g/mol. The van der Waals surface area contributed by atoms with Gasteiger partial charge in [0, 0.05) is 12.8 Å². The SMILES string of the molecule is CCCCc1cnc(CC(=O)CCC)o1. The predicted molar refractivity (Wildman–Crippen MR) is 58.7 cm³/mol. The number of hydrogen-bond donors (Lipinski definition) is 0. The van der Waals surface area contributed by atoms with Crippen molar-refractivity contribution in [1.29, 1.82) is 0 Å². The normalized spacial score (nSPS) is 10.5. The van der Waals surface area contributed by atoms with E-state index in [0.717, 1.165) is 31.4 Å². The van der Waals surface area contributed by atoms with Gasteiger partial charge >= 0.3 is 0 Å². The molecule has 1 rings (SSSR count). The zero-order valence-corrected chi connectivity index (χ0v) is 9.58. The lowest BCUT2D eigenvalue weighted by atomic mass is 10.2. The molecule has 0 saturated carbocycles. The molecular formula is C12H19NO2. The lowest BCUT2D eigenvalue weighted by Gasteiger charge is -1.94. The Morgan fingerprint density at radius 1 is 1.40 bits per heavy atom. The van der Waals surface area contributed by atoms with Crippen molar-refractivity contribution in [2.45, 2.75) is 52.4 Å². The van der Waals surface area contributed by atoms with Crippen LogP contribution >= 0.6 is 0 Å². The van der Waals surface area contributed by atoms with Crippen LogP contribution in [0.5, 0.6) is 0 Å². The van der Waals surface area contributed by atoms with Crippen LogP contribution in [0.15, 0.2) is 10.6 Å². The molecule has 0 amide bonds. The second-order valence-electron chi connectivity index (χ2n) is 3.79. The molecule has 0 aliphatic carbocycles. The smallest absolute Gasteiger partial charge is 0.201 e. The lowest BCUT2D eigenvalue weighted by molar-refractivity contribution is -0.118. The van der Waals surface area contributed by atoms with E-state index in [2.05, 4.69) is 11.9 Å². The molecule has 3 heteroatoms. The first-order chi connectivity index (χ1) is 7.26. The summed E-state index contributed by atoms with van der Waals surface area (Å²) in [4.78, 5) is 15.4. The summed E-state index contributed by atoms with van der Waals surface area (Å²) in [5, 5.41) is 0. The van der Waals surface area contributed by atoms with Crippen molar-refractivity contribution < 1.29 is 9.21 Å². The predicted octanol–water partition coefficient (Wildman–Crippen LogP) is 2.93. The Bertz CT molecular complexity index is 304. The number of rotatable bonds is 7. The number of Topliss-reactive ketones (excluding diaryl/α,β-unsaturated/α-hetero) is 1. The average Bonchev–Trinajstić information content (AvgIpc) is 2.63. The van der Waals surface area contributed by atoms with Gasteiger partial charge in [0.1, 0.15) is 11.5 Å². The fraction of sp³-hybridized carbons (Fsp3) is 0.667. The largest absolute Gasteiger partial charge is 0.445 e.